The first-order chi connectivity index (χ1) is 13.8. The van der Waals surface area contributed by atoms with E-state index in [1.807, 2.05) is 0 Å². The molecule has 7 nitrogen and oxygen atoms in total. The number of sulfonamides is 1. The number of carbonyl (C=O) groups is 1. The van der Waals surface area contributed by atoms with E-state index in [0.29, 0.717) is 10.8 Å². The van der Waals surface area contributed by atoms with Crippen LogP contribution in [0.2, 0.25) is 5.02 Å². The van der Waals surface area contributed by atoms with Crippen LogP contribution in [0, 0.1) is 0 Å². The molecule has 3 rings (SSSR count). The third-order valence-electron chi connectivity index (χ3n) is 3.90. The third kappa shape index (κ3) is 4.67. The zero-order chi connectivity index (χ0) is 21.0. The van der Waals surface area contributed by atoms with Crippen LogP contribution in [0.4, 0.5) is 5.69 Å². The van der Waals surface area contributed by atoms with E-state index in [0.717, 1.165) is 0 Å². The van der Waals surface area contributed by atoms with Crippen LogP contribution in [0.5, 0.6) is 17.2 Å². The molecule has 9 heteroatoms. The first-order valence-corrected chi connectivity index (χ1v) is 10.3. The fourth-order valence-electron chi connectivity index (χ4n) is 2.61. The van der Waals surface area contributed by atoms with Crippen LogP contribution in [0.3, 0.4) is 0 Å². The number of aromatic nitrogens is 1. The highest BCUT2D eigenvalue weighted by Gasteiger charge is 2.24. The Labute approximate surface area is 173 Å². The Balaban J connectivity index is 2.09. The monoisotopic (exact) mass is 432 g/mol. The van der Waals surface area contributed by atoms with Crippen molar-refractivity contribution in [2.75, 3.05) is 11.8 Å². The minimum atomic E-state index is -3.97. The Bertz CT molecular complexity index is 1150. The first-order valence-electron chi connectivity index (χ1n) is 8.40. The Morgan fingerprint density at radius 1 is 1.10 bits per heavy atom. The topological polar surface area (TPSA) is 94.6 Å². The molecule has 3 aromatic rings. The average Bonchev–Trinajstić information content (AvgIpc) is 2.68. The maximum absolute atomic E-state index is 12.8. The number of pyridine rings is 1. The summed E-state index contributed by atoms with van der Waals surface area (Å²) in [5.74, 6) is 0.220. The summed E-state index contributed by atoms with van der Waals surface area (Å²) in [6.07, 6.45) is 2.89. The van der Waals surface area contributed by atoms with Crippen LogP contribution in [0.1, 0.15) is 17.3 Å². The molecule has 0 aliphatic rings. The summed E-state index contributed by atoms with van der Waals surface area (Å²) in [6, 6.07) is 12.3. The number of nitrogens with one attached hydrogen (secondary N) is 1. The minimum Gasteiger partial charge on any atom is -0.491 e. The SMILES string of the molecule is COc1c(Oc2cncc(Cl)c2)ccc(C(C)=O)c1NS(=O)(=O)c1ccccc1. The number of halogens is 1. The number of nitrogens with zero attached hydrogens (tertiary/aromatic N) is 1. The number of methoxy groups -OCH3 is 1. The van der Waals surface area contributed by atoms with Gasteiger partial charge in [0.2, 0.25) is 0 Å². The molecule has 1 N–H and O–H groups in total. The molecule has 0 saturated heterocycles. The maximum Gasteiger partial charge on any atom is 0.262 e. The molecule has 0 spiro atoms. The molecule has 0 atom stereocenters. The highest BCUT2D eigenvalue weighted by molar-refractivity contribution is 7.92. The van der Waals surface area contributed by atoms with E-state index in [-0.39, 0.29) is 33.4 Å². The first kappa shape index (κ1) is 20.6. The molecule has 29 heavy (non-hydrogen) atoms. The molecule has 1 heterocycles. The van der Waals surface area contributed by atoms with Gasteiger partial charge in [0, 0.05) is 17.8 Å². The van der Waals surface area contributed by atoms with Gasteiger partial charge in [-0.15, -0.1) is 0 Å². The quantitative estimate of drug-likeness (QED) is 0.551. The number of benzene rings is 2. The molecule has 0 aliphatic carbocycles. The van der Waals surface area contributed by atoms with Crippen molar-refractivity contribution in [3.63, 3.8) is 0 Å². The van der Waals surface area contributed by atoms with Gasteiger partial charge in [0.1, 0.15) is 11.4 Å². The summed E-state index contributed by atoms with van der Waals surface area (Å²) >= 11 is 5.93. The summed E-state index contributed by atoms with van der Waals surface area (Å²) in [6.45, 7) is 1.33. The number of Topliss-reactive ketones (excluding diaryl/α,β-unsaturated/α-hetero) is 1. The smallest absolute Gasteiger partial charge is 0.262 e. The van der Waals surface area contributed by atoms with Crippen molar-refractivity contribution in [1.82, 2.24) is 4.98 Å². The van der Waals surface area contributed by atoms with Gasteiger partial charge in [0.25, 0.3) is 10.0 Å². The van der Waals surface area contributed by atoms with Crippen LogP contribution in [-0.4, -0.2) is 26.3 Å². The fourth-order valence-corrected chi connectivity index (χ4v) is 3.88. The lowest BCUT2D eigenvalue weighted by atomic mass is 10.1. The maximum atomic E-state index is 12.8. The van der Waals surface area contributed by atoms with Crippen molar-refractivity contribution < 1.29 is 22.7 Å². The lowest BCUT2D eigenvalue weighted by Gasteiger charge is -2.18. The largest absolute Gasteiger partial charge is 0.491 e. The second kappa shape index (κ2) is 8.50. The second-order valence-corrected chi connectivity index (χ2v) is 8.05. The van der Waals surface area contributed by atoms with Gasteiger partial charge in [0.15, 0.2) is 17.3 Å². The van der Waals surface area contributed by atoms with E-state index in [2.05, 4.69) is 9.71 Å². The van der Waals surface area contributed by atoms with Crippen LogP contribution in [0.25, 0.3) is 0 Å². The molecule has 0 amide bonds. The molecule has 150 valence electrons. The van der Waals surface area contributed by atoms with E-state index < -0.39 is 10.0 Å². The highest BCUT2D eigenvalue weighted by atomic mass is 35.5. The van der Waals surface area contributed by atoms with Crippen molar-refractivity contribution in [3.05, 3.63) is 71.5 Å². The van der Waals surface area contributed by atoms with Gasteiger partial charge >= 0.3 is 0 Å². The number of rotatable bonds is 7. The van der Waals surface area contributed by atoms with Crippen LogP contribution >= 0.6 is 11.6 Å². The molecule has 1 aromatic heterocycles. The van der Waals surface area contributed by atoms with Crippen LogP contribution < -0.4 is 14.2 Å². The van der Waals surface area contributed by atoms with Gasteiger partial charge in [-0.25, -0.2) is 8.42 Å². The normalized spacial score (nSPS) is 11.0. The number of anilines is 1. The minimum absolute atomic E-state index is 0.0173. The zero-order valence-electron chi connectivity index (χ0n) is 15.5. The summed E-state index contributed by atoms with van der Waals surface area (Å²) in [5, 5.41) is 0.367. The highest BCUT2D eigenvalue weighted by Crippen LogP contribution is 2.41. The van der Waals surface area contributed by atoms with E-state index in [1.54, 1.807) is 24.3 Å². The van der Waals surface area contributed by atoms with Gasteiger partial charge in [-0.3, -0.25) is 14.5 Å². The molecule has 0 fully saturated rings. The Morgan fingerprint density at radius 3 is 2.45 bits per heavy atom. The predicted octanol–water partition coefficient (Wildman–Crippen LogP) is 4.54. The molecule has 0 aliphatic heterocycles. The number of hydrogen-bond acceptors (Lipinski definition) is 6. The molecular weight excluding hydrogens is 416 g/mol. The number of carbonyl (C=O) groups excluding carboxylic acids is 1. The summed E-state index contributed by atoms with van der Waals surface area (Å²) in [5.41, 5.74) is 0.120. The Hall–Kier alpha value is -3.10. The Kier molecular flexibility index (Phi) is 6.05. The summed E-state index contributed by atoms with van der Waals surface area (Å²) in [7, 11) is -2.62. The van der Waals surface area contributed by atoms with Crippen molar-refractivity contribution >= 4 is 33.1 Å². The van der Waals surface area contributed by atoms with Crippen molar-refractivity contribution in [2.45, 2.75) is 11.8 Å². The number of ether oxygens (including phenoxy) is 2. The standard InChI is InChI=1S/C20H17ClN2O5S/c1-13(24)17-8-9-18(28-15-10-14(21)11-22-12-15)20(27-2)19(17)23-29(25,26)16-6-4-3-5-7-16/h3-12,23H,1-2H3. The zero-order valence-corrected chi connectivity index (χ0v) is 17.1. The average molecular weight is 433 g/mol. The third-order valence-corrected chi connectivity index (χ3v) is 5.47. The molecule has 0 radical (unpaired) electrons. The van der Waals surface area contributed by atoms with E-state index in [1.165, 1.54) is 50.7 Å². The lowest BCUT2D eigenvalue weighted by molar-refractivity contribution is 0.101. The number of ketones is 1. The molecule has 0 bridgehead atoms. The van der Waals surface area contributed by atoms with Crippen LogP contribution in [-0.2, 0) is 10.0 Å². The summed E-state index contributed by atoms with van der Waals surface area (Å²) in [4.78, 5) is 16.1. The van der Waals surface area contributed by atoms with Gasteiger partial charge < -0.3 is 9.47 Å². The van der Waals surface area contributed by atoms with E-state index >= 15 is 0 Å². The fraction of sp³-hybridized carbons (Fsp3) is 0.100. The number of hydrogen-bond donors (Lipinski definition) is 1. The summed E-state index contributed by atoms with van der Waals surface area (Å²) < 4.78 is 39.2. The molecule has 0 unspecified atom stereocenters. The van der Waals surface area contributed by atoms with Gasteiger partial charge in [-0.05, 0) is 31.2 Å². The van der Waals surface area contributed by atoms with Crippen LogP contribution in [0.15, 0.2) is 65.8 Å². The molecule has 0 saturated carbocycles. The van der Waals surface area contributed by atoms with Gasteiger partial charge in [-0.1, -0.05) is 29.8 Å². The van der Waals surface area contributed by atoms with E-state index in [4.69, 9.17) is 21.1 Å². The van der Waals surface area contributed by atoms with Gasteiger partial charge in [0.05, 0.1) is 23.2 Å². The lowest BCUT2D eigenvalue weighted by Crippen LogP contribution is -2.16. The van der Waals surface area contributed by atoms with Crippen molar-refractivity contribution in [1.29, 1.82) is 0 Å². The Morgan fingerprint density at radius 2 is 1.83 bits per heavy atom. The predicted molar refractivity (Wildman–Crippen MR) is 110 cm³/mol. The molecular formula is C20H17ClN2O5S. The van der Waals surface area contributed by atoms with Gasteiger partial charge in [-0.2, -0.15) is 0 Å². The van der Waals surface area contributed by atoms with Crippen molar-refractivity contribution in [3.8, 4) is 17.2 Å². The van der Waals surface area contributed by atoms with Crippen molar-refractivity contribution in [2.24, 2.45) is 0 Å². The second-order valence-electron chi connectivity index (χ2n) is 5.94. The van der Waals surface area contributed by atoms with E-state index in [9.17, 15) is 13.2 Å². The molecule has 2 aromatic carbocycles.